The Morgan fingerprint density at radius 1 is 1.47 bits per heavy atom. The number of amides is 2. The van der Waals surface area contributed by atoms with Gasteiger partial charge >= 0.3 is 6.03 Å². The van der Waals surface area contributed by atoms with Crippen molar-refractivity contribution < 1.29 is 9.53 Å². The van der Waals surface area contributed by atoms with Crippen LogP contribution in [0.2, 0.25) is 0 Å². The Morgan fingerprint density at radius 3 is 2.82 bits per heavy atom. The third-order valence-corrected chi connectivity index (χ3v) is 2.33. The van der Waals surface area contributed by atoms with Gasteiger partial charge in [-0.25, -0.2) is 4.79 Å². The fraction of sp³-hybridized carbons (Fsp3) is 0.417. The van der Waals surface area contributed by atoms with E-state index in [9.17, 15) is 4.79 Å². The molecule has 0 aromatic heterocycles. The summed E-state index contributed by atoms with van der Waals surface area (Å²) in [5, 5.41) is 5.53. The zero-order chi connectivity index (χ0) is 12.7. The van der Waals surface area contributed by atoms with E-state index >= 15 is 0 Å². The molecule has 0 aliphatic rings. The van der Waals surface area contributed by atoms with Crippen molar-refractivity contribution in [1.82, 2.24) is 5.32 Å². The van der Waals surface area contributed by atoms with Crippen molar-refractivity contribution in [1.29, 1.82) is 0 Å². The van der Waals surface area contributed by atoms with Crippen molar-refractivity contribution in [2.45, 2.75) is 19.4 Å². The van der Waals surface area contributed by atoms with Gasteiger partial charge in [-0.1, -0.05) is 12.1 Å². The van der Waals surface area contributed by atoms with Gasteiger partial charge in [0, 0.05) is 6.04 Å². The normalized spacial score (nSPS) is 11.7. The molecular weight excluding hydrogens is 218 g/mol. The topological polar surface area (TPSA) is 76.4 Å². The smallest absolute Gasteiger partial charge is 0.319 e. The van der Waals surface area contributed by atoms with E-state index in [1.54, 1.807) is 19.2 Å². The Morgan fingerprint density at radius 2 is 2.18 bits per heavy atom. The minimum absolute atomic E-state index is 0.0507. The van der Waals surface area contributed by atoms with E-state index in [4.69, 9.17) is 10.5 Å². The van der Waals surface area contributed by atoms with Gasteiger partial charge in [0.2, 0.25) is 0 Å². The summed E-state index contributed by atoms with van der Waals surface area (Å²) >= 11 is 0. The van der Waals surface area contributed by atoms with Crippen LogP contribution in [0, 0.1) is 0 Å². The number of carbonyl (C=O) groups is 1. The van der Waals surface area contributed by atoms with Gasteiger partial charge < -0.3 is 21.1 Å². The average molecular weight is 237 g/mol. The molecule has 0 saturated carbocycles. The van der Waals surface area contributed by atoms with Gasteiger partial charge in [0.1, 0.15) is 5.75 Å². The Hall–Kier alpha value is -1.75. The van der Waals surface area contributed by atoms with Crippen LogP contribution >= 0.6 is 0 Å². The van der Waals surface area contributed by atoms with Gasteiger partial charge in [-0.3, -0.25) is 0 Å². The number of para-hydroxylation sites is 2. The number of carbonyl (C=O) groups excluding carboxylic acids is 1. The number of nitrogens with one attached hydrogen (secondary N) is 2. The highest BCUT2D eigenvalue weighted by Crippen LogP contribution is 2.22. The highest BCUT2D eigenvalue weighted by Gasteiger charge is 2.08. The first-order valence-corrected chi connectivity index (χ1v) is 5.58. The molecule has 0 radical (unpaired) electrons. The first kappa shape index (κ1) is 13.3. The minimum Gasteiger partial charge on any atom is -0.495 e. The zero-order valence-corrected chi connectivity index (χ0v) is 10.2. The number of methoxy groups -OCH3 is 1. The lowest BCUT2D eigenvalue weighted by Gasteiger charge is -2.14. The Balaban J connectivity index is 2.55. The summed E-state index contributed by atoms with van der Waals surface area (Å²) in [6, 6.07) is 7.05. The summed E-state index contributed by atoms with van der Waals surface area (Å²) in [6.07, 6.45) is 0.749. The van der Waals surface area contributed by atoms with Crippen LogP contribution in [-0.4, -0.2) is 25.7 Å². The number of urea groups is 1. The summed E-state index contributed by atoms with van der Waals surface area (Å²) < 4.78 is 5.14. The van der Waals surface area contributed by atoms with E-state index in [-0.39, 0.29) is 12.1 Å². The zero-order valence-electron chi connectivity index (χ0n) is 10.2. The van der Waals surface area contributed by atoms with Crippen LogP contribution in [0.3, 0.4) is 0 Å². The molecule has 0 heterocycles. The molecule has 0 spiro atoms. The van der Waals surface area contributed by atoms with Crippen LogP contribution in [0.25, 0.3) is 0 Å². The third-order valence-electron chi connectivity index (χ3n) is 2.33. The molecule has 0 aliphatic carbocycles. The van der Waals surface area contributed by atoms with Crippen molar-refractivity contribution in [3.8, 4) is 5.75 Å². The molecule has 94 valence electrons. The first-order valence-electron chi connectivity index (χ1n) is 5.58. The summed E-state index contributed by atoms with van der Waals surface area (Å²) in [4.78, 5) is 11.6. The molecule has 17 heavy (non-hydrogen) atoms. The predicted molar refractivity (Wildman–Crippen MR) is 68.3 cm³/mol. The molecule has 0 fully saturated rings. The second kappa shape index (κ2) is 6.75. The maximum Gasteiger partial charge on any atom is 0.319 e. The van der Waals surface area contributed by atoms with Gasteiger partial charge in [-0.15, -0.1) is 0 Å². The van der Waals surface area contributed by atoms with Crippen LogP contribution in [0.5, 0.6) is 5.75 Å². The number of hydrogen-bond acceptors (Lipinski definition) is 3. The largest absolute Gasteiger partial charge is 0.495 e. The van der Waals surface area contributed by atoms with Crippen molar-refractivity contribution in [2.24, 2.45) is 5.73 Å². The third kappa shape index (κ3) is 4.32. The molecular formula is C12H19N3O2. The molecule has 1 rings (SSSR count). The SMILES string of the molecule is COc1ccccc1NC(=O)NC(C)CCN. The monoisotopic (exact) mass is 237 g/mol. The lowest BCUT2D eigenvalue weighted by Crippen LogP contribution is -2.37. The average Bonchev–Trinajstić information content (AvgIpc) is 2.29. The molecule has 1 atom stereocenters. The molecule has 1 aromatic carbocycles. The standard InChI is InChI=1S/C12H19N3O2/c1-9(7-8-13)14-12(16)15-10-5-3-4-6-11(10)17-2/h3-6,9H,7-8,13H2,1-2H3,(H2,14,15,16). The quantitative estimate of drug-likeness (QED) is 0.727. The number of hydrogen-bond donors (Lipinski definition) is 3. The number of anilines is 1. The van der Waals surface area contributed by atoms with Gasteiger partial charge in [-0.05, 0) is 32.0 Å². The van der Waals surface area contributed by atoms with Crippen molar-refractivity contribution in [3.05, 3.63) is 24.3 Å². The molecule has 0 bridgehead atoms. The molecule has 1 unspecified atom stereocenters. The number of benzene rings is 1. The van der Waals surface area contributed by atoms with Crippen LogP contribution in [0.4, 0.5) is 10.5 Å². The van der Waals surface area contributed by atoms with Gasteiger partial charge in [0.15, 0.2) is 0 Å². The van der Waals surface area contributed by atoms with E-state index < -0.39 is 0 Å². The summed E-state index contributed by atoms with van der Waals surface area (Å²) in [7, 11) is 1.56. The summed E-state index contributed by atoms with van der Waals surface area (Å²) in [5.41, 5.74) is 6.06. The lowest BCUT2D eigenvalue weighted by atomic mass is 10.2. The molecule has 4 N–H and O–H groups in total. The Kier molecular flexibility index (Phi) is 5.29. The maximum absolute atomic E-state index is 11.6. The minimum atomic E-state index is -0.254. The van der Waals surface area contributed by atoms with E-state index in [0.29, 0.717) is 18.0 Å². The van der Waals surface area contributed by atoms with Crippen LogP contribution in [-0.2, 0) is 0 Å². The second-order valence-corrected chi connectivity index (χ2v) is 3.78. The van der Waals surface area contributed by atoms with E-state index in [2.05, 4.69) is 10.6 Å². The van der Waals surface area contributed by atoms with E-state index in [1.807, 2.05) is 19.1 Å². The van der Waals surface area contributed by atoms with Crippen molar-refractivity contribution in [3.63, 3.8) is 0 Å². The maximum atomic E-state index is 11.6. The highest BCUT2D eigenvalue weighted by molar-refractivity contribution is 5.91. The predicted octanol–water partition coefficient (Wildman–Crippen LogP) is 1.55. The summed E-state index contributed by atoms with van der Waals surface area (Å²) in [6.45, 7) is 2.46. The van der Waals surface area contributed by atoms with Gasteiger partial charge in [-0.2, -0.15) is 0 Å². The molecule has 0 aliphatic heterocycles. The Bertz CT molecular complexity index is 369. The van der Waals surface area contributed by atoms with Crippen molar-refractivity contribution >= 4 is 11.7 Å². The molecule has 2 amide bonds. The molecule has 5 nitrogen and oxygen atoms in total. The van der Waals surface area contributed by atoms with Crippen LogP contribution in [0.1, 0.15) is 13.3 Å². The number of rotatable bonds is 5. The number of nitrogens with two attached hydrogens (primary N) is 1. The highest BCUT2D eigenvalue weighted by atomic mass is 16.5. The van der Waals surface area contributed by atoms with E-state index in [1.165, 1.54) is 0 Å². The fourth-order valence-electron chi connectivity index (χ4n) is 1.45. The number of ether oxygens (including phenoxy) is 1. The van der Waals surface area contributed by atoms with Gasteiger partial charge in [0.05, 0.1) is 12.8 Å². The Labute approximate surface area is 101 Å². The molecule has 5 heteroatoms. The van der Waals surface area contributed by atoms with Crippen LogP contribution < -0.4 is 21.1 Å². The molecule has 0 saturated heterocycles. The molecule has 1 aromatic rings. The van der Waals surface area contributed by atoms with Gasteiger partial charge in [0.25, 0.3) is 0 Å². The van der Waals surface area contributed by atoms with Crippen LogP contribution in [0.15, 0.2) is 24.3 Å². The first-order chi connectivity index (χ1) is 8.17. The fourth-order valence-corrected chi connectivity index (χ4v) is 1.45. The second-order valence-electron chi connectivity index (χ2n) is 3.78. The van der Waals surface area contributed by atoms with Crippen molar-refractivity contribution in [2.75, 3.05) is 19.0 Å². The van der Waals surface area contributed by atoms with E-state index in [0.717, 1.165) is 6.42 Å². The summed E-state index contributed by atoms with van der Waals surface area (Å²) in [5.74, 6) is 0.633. The lowest BCUT2D eigenvalue weighted by molar-refractivity contribution is 0.248.